The molecule has 2 nitrogen and oxygen atoms in total. The standard InChI is InChI=1S/C12H7ClF3NOS/c13-5-10(18)9-6-19-11(17-9)7-1-3-8(4-2-7)12(14,15)16/h1-4,6H,5H2. The van der Waals surface area contributed by atoms with E-state index in [-0.39, 0.29) is 17.4 Å². The zero-order valence-electron chi connectivity index (χ0n) is 9.37. The van der Waals surface area contributed by atoms with E-state index in [1.165, 1.54) is 28.8 Å². The van der Waals surface area contributed by atoms with Gasteiger partial charge in [-0.2, -0.15) is 13.2 Å². The zero-order chi connectivity index (χ0) is 14.0. The third-order valence-corrected chi connectivity index (χ3v) is 3.50. The number of nitrogens with zero attached hydrogens (tertiary/aromatic N) is 1. The van der Waals surface area contributed by atoms with E-state index in [0.717, 1.165) is 12.1 Å². The van der Waals surface area contributed by atoms with Crippen molar-refractivity contribution in [2.45, 2.75) is 6.18 Å². The lowest BCUT2D eigenvalue weighted by Gasteiger charge is -2.06. The number of carbonyl (C=O) groups excluding carboxylic acids is 1. The molecule has 0 fully saturated rings. The Morgan fingerprint density at radius 1 is 1.26 bits per heavy atom. The summed E-state index contributed by atoms with van der Waals surface area (Å²) >= 11 is 6.59. The molecule has 0 aliphatic carbocycles. The monoisotopic (exact) mass is 305 g/mol. The van der Waals surface area contributed by atoms with Gasteiger partial charge in [0, 0.05) is 10.9 Å². The van der Waals surface area contributed by atoms with Crippen LogP contribution in [0.1, 0.15) is 16.1 Å². The highest BCUT2D eigenvalue weighted by Crippen LogP contribution is 2.31. The van der Waals surface area contributed by atoms with Crippen molar-refractivity contribution in [2.75, 3.05) is 5.88 Å². The highest BCUT2D eigenvalue weighted by Gasteiger charge is 2.30. The molecule has 0 bridgehead atoms. The first-order chi connectivity index (χ1) is 8.91. The van der Waals surface area contributed by atoms with Crippen molar-refractivity contribution in [3.05, 3.63) is 40.9 Å². The maximum absolute atomic E-state index is 12.4. The SMILES string of the molecule is O=C(CCl)c1csc(-c2ccc(C(F)(F)F)cc2)n1. The molecule has 0 saturated carbocycles. The Hall–Kier alpha value is -1.40. The number of benzene rings is 1. The van der Waals surface area contributed by atoms with Crippen LogP contribution in [-0.4, -0.2) is 16.6 Å². The van der Waals surface area contributed by atoms with Crippen molar-refractivity contribution >= 4 is 28.7 Å². The smallest absolute Gasteiger partial charge is 0.291 e. The van der Waals surface area contributed by atoms with Crippen LogP contribution in [0, 0.1) is 0 Å². The van der Waals surface area contributed by atoms with Crippen molar-refractivity contribution < 1.29 is 18.0 Å². The molecule has 2 rings (SSSR count). The Morgan fingerprint density at radius 2 is 1.89 bits per heavy atom. The van der Waals surface area contributed by atoms with Gasteiger partial charge in [0.15, 0.2) is 5.78 Å². The fraction of sp³-hybridized carbons (Fsp3) is 0.167. The first-order valence-corrected chi connectivity index (χ1v) is 6.55. The molecule has 0 amide bonds. The van der Waals surface area contributed by atoms with E-state index in [4.69, 9.17) is 11.6 Å². The number of ketones is 1. The van der Waals surface area contributed by atoms with Crippen molar-refractivity contribution in [3.8, 4) is 10.6 Å². The largest absolute Gasteiger partial charge is 0.416 e. The van der Waals surface area contributed by atoms with Crippen molar-refractivity contribution in [3.63, 3.8) is 0 Å². The van der Waals surface area contributed by atoms with E-state index < -0.39 is 11.7 Å². The summed E-state index contributed by atoms with van der Waals surface area (Å²) in [5.41, 5.74) is 0.0476. The Bertz CT molecular complexity index is 592. The molecular formula is C12H7ClF3NOS. The summed E-state index contributed by atoms with van der Waals surface area (Å²) < 4.78 is 37.2. The van der Waals surface area contributed by atoms with Gasteiger partial charge in [0.2, 0.25) is 0 Å². The van der Waals surface area contributed by atoms with Gasteiger partial charge in [-0.1, -0.05) is 12.1 Å². The highest BCUT2D eigenvalue weighted by atomic mass is 35.5. The minimum atomic E-state index is -4.36. The zero-order valence-corrected chi connectivity index (χ0v) is 10.9. The first-order valence-electron chi connectivity index (χ1n) is 5.14. The maximum Gasteiger partial charge on any atom is 0.416 e. The lowest BCUT2D eigenvalue weighted by Crippen LogP contribution is -2.04. The number of alkyl halides is 4. The maximum atomic E-state index is 12.4. The number of carbonyl (C=O) groups is 1. The van der Waals surface area contributed by atoms with Gasteiger partial charge in [-0.15, -0.1) is 22.9 Å². The van der Waals surface area contributed by atoms with Crippen LogP contribution in [0.5, 0.6) is 0 Å². The second kappa shape index (κ2) is 5.30. The number of rotatable bonds is 3. The lowest BCUT2D eigenvalue weighted by atomic mass is 10.1. The molecule has 0 unspecified atom stereocenters. The van der Waals surface area contributed by atoms with E-state index in [0.29, 0.717) is 10.6 Å². The summed E-state index contributed by atoms with van der Waals surface area (Å²) in [6.45, 7) is 0. The second-order valence-corrected chi connectivity index (χ2v) is 4.80. The van der Waals surface area contributed by atoms with Crippen LogP contribution >= 0.6 is 22.9 Å². The minimum absolute atomic E-state index is 0.170. The van der Waals surface area contributed by atoms with E-state index in [1.54, 1.807) is 0 Å². The Morgan fingerprint density at radius 3 is 2.42 bits per heavy atom. The van der Waals surface area contributed by atoms with Gasteiger partial charge in [0.25, 0.3) is 0 Å². The summed E-state index contributed by atoms with van der Waals surface area (Å²) in [5, 5.41) is 2.03. The summed E-state index contributed by atoms with van der Waals surface area (Å²) in [6.07, 6.45) is -4.36. The number of Topliss-reactive ketones (excluding diaryl/α,β-unsaturated/α-hetero) is 1. The Labute approximate surface area is 115 Å². The molecular weight excluding hydrogens is 299 g/mol. The molecule has 1 aromatic heterocycles. The molecule has 19 heavy (non-hydrogen) atoms. The average Bonchev–Trinajstić information content (AvgIpc) is 2.86. The number of hydrogen-bond donors (Lipinski definition) is 0. The summed E-state index contributed by atoms with van der Waals surface area (Å²) in [4.78, 5) is 15.4. The molecule has 1 heterocycles. The van der Waals surface area contributed by atoms with Gasteiger partial charge in [-0.05, 0) is 12.1 Å². The van der Waals surface area contributed by atoms with Gasteiger partial charge in [0.1, 0.15) is 10.7 Å². The fourth-order valence-electron chi connectivity index (χ4n) is 1.40. The van der Waals surface area contributed by atoms with Crippen molar-refractivity contribution in [2.24, 2.45) is 0 Å². The number of hydrogen-bond acceptors (Lipinski definition) is 3. The third-order valence-electron chi connectivity index (χ3n) is 2.37. The summed E-state index contributed by atoms with van der Waals surface area (Å²) in [5.74, 6) is -0.480. The molecule has 100 valence electrons. The van der Waals surface area contributed by atoms with Crippen LogP contribution in [0.4, 0.5) is 13.2 Å². The third kappa shape index (κ3) is 3.13. The topological polar surface area (TPSA) is 30.0 Å². The molecule has 0 radical (unpaired) electrons. The van der Waals surface area contributed by atoms with Crippen LogP contribution in [0.3, 0.4) is 0 Å². The second-order valence-electron chi connectivity index (χ2n) is 3.67. The predicted molar refractivity (Wildman–Crippen MR) is 67.6 cm³/mol. The molecule has 0 atom stereocenters. The van der Waals surface area contributed by atoms with E-state index in [9.17, 15) is 18.0 Å². The molecule has 0 N–H and O–H groups in total. The fourth-order valence-corrected chi connectivity index (χ4v) is 2.37. The van der Waals surface area contributed by atoms with Crippen LogP contribution < -0.4 is 0 Å². The number of aromatic nitrogens is 1. The first kappa shape index (κ1) is 14.0. The van der Waals surface area contributed by atoms with E-state index >= 15 is 0 Å². The molecule has 0 spiro atoms. The number of halogens is 4. The van der Waals surface area contributed by atoms with E-state index in [1.807, 2.05) is 0 Å². The van der Waals surface area contributed by atoms with Crippen LogP contribution in [-0.2, 0) is 6.18 Å². The molecule has 7 heteroatoms. The van der Waals surface area contributed by atoms with Crippen LogP contribution in [0.25, 0.3) is 10.6 Å². The van der Waals surface area contributed by atoms with Gasteiger partial charge in [-0.3, -0.25) is 4.79 Å². The Kier molecular flexibility index (Phi) is 3.91. The molecule has 0 saturated heterocycles. The van der Waals surface area contributed by atoms with Crippen molar-refractivity contribution in [1.29, 1.82) is 0 Å². The lowest BCUT2D eigenvalue weighted by molar-refractivity contribution is -0.137. The minimum Gasteiger partial charge on any atom is -0.291 e. The molecule has 2 aromatic rings. The highest BCUT2D eigenvalue weighted by molar-refractivity contribution is 7.13. The summed E-state index contributed by atoms with van der Waals surface area (Å²) in [6, 6.07) is 4.63. The van der Waals surface area contributed by atoms with Crippen LogP contribution in [0.2, 0.25) is 0 Å². The van der Waals surface area contributed by atoms with Gasteiger partial charge >= 0.3 is 6.18 Å². The van der Waals surface area contributed by atoms with Crippen LogP contribution in [0.15, 0.2) is 29.6 Å². The number of thiazole rings is 1. The predicted octanol–water partition coefficient (Wildman–Crippen LogP) is 4.25. The van der Waals surface area contributed by atoms with Gasteiger partial charge in [0.05, 0.1) is 11.4 Å². The van der Waals surface area contributed by atoms with E-state index in [2.05, 4.69) is 4.98 Å². The Balaban J connectivity index is 2.28. The van der Waals surface area contributed by atoms with Crippen molar-refractivity contribution in [1.82, 2.24) is 4.98 Å². The quantitative estimate of drug-likeness (QED) is 0.627. The van der Waals surface area contributed by atoms with Gasteiger partial charge < -0.3 is 0 Å². The normalized spacial score (nSPS) is 11.6. The van der Waals surface area contributed by atoms with Gasteiger partial charge in [-0.25, -0.2) is 4.98 Å². The molecule has 0 aliphatic rings. The average molecular weight is 306 g/mol. The molecule has 0 aliphatic heterocycles. The molecule has 1 aromatic carbocycles. The summed E-state index contributed by atoms with van der Waals surface area (Å²) in [7, 11) is 0.